The summed E-state index contributed by atoms with van der Waals surface area (Å²) in [5.41, 5.74) is 0.716. The third-order valence-electron chi connectivity index (χ3n) is 2.81. The molecule has 0 heterocycles. The molecule has 0 spiro atoms. The minimum Gasteiger partial charge on any atom is -0.385 e. The van der Waals surface area contributed by atoms with Gasteiger partial charge in [0.2, 0.25) is 5.91 Å². The third kappa shape index (κ3) is 5.57. The Labute approximate surface area is 118 Å². The zero-order chi connectivity index (χ0) is 14.3. The van der Waals surface area contributed by atoms with Crippen molar-refractivity contribution in [3.8, 4) is 0 Å². The fraction of sp³-hybridized carbons (Fsp3) is 0.500. The molecule has 106 valence electrons. The first-order valence-corrected chi connectivity index (χ1v) is 6.65. The Hall–Kier alpha value is -1.13. The molecule has 1 atom stereocenters. The van der Waals surface area contributed by atoms with Crippen molar-refractivity contribution >= 4 is 17.5 Å². The molecule has 0 unspecified atom stereocenters. The summed E-state index contributed by atoms with van der Waals surface area (Å²) in [6.07, 6.45) is 2.09. The van der Waals surface area contributed by atoms with Crippen molar-refractivity contribution in [1.29, 1.82) is 0 Å². The number of methoxy groups -OCH3 is 1. The molecular formula is C14H19ClFNO2. The average Bonchev–Trinajstić information content (AvgIpc) is 2.34. The van der Waals surface area contributed by atoms with Crippen LogP contribution in [0.5, 0.6) is 0 Å². The van der Waals surface area contributed by atoms with Crippen LogP contribution in [0, 0.1) is 5.82 Å². The molecule has 0 fully saturated rings. The number of rotatable bonds is 7. The van der Waals surface area contributed by atoms with Gasteiger partial charge in [-0.15, -0.1) is 0 Å². The van der Waals surface area contributed by atoms with Gasteiger partial charge in [0.25, 0.3) is 0 Å². The van der Waals surface area contributed by atoms with Crippen LogP contribution in [0.4, 0.5) is 4.39 Å². The van der Waals surface area contributed by atoms with Crippen LogP contribution < -0.4 is 5.32 Å². The molecule has 0 aromatic heterocycles. The molecule has 19 heavy (non-hydrogen) atoms. The summed E-state index contributed by atoms with van der Waals surface area (Å²) in [5, 5.41) is 3.17. The Kier molecular flexibility index (Phi) is 6.81. The molecule has 1 amide bonds. The fourth-order valence-electron chi connectivity index (χ4n) is 1.78. The molecule has 0 saturated heterocycles. The van der Waals surface area contributed by atoms with Crippen molar-refractivity contribution in [3.63, 3.8) is 0 Å². The molecule has 0 bridgehead atoms. The van der Waals surface area contributed by atoms with Crippen LogP contribution >= 0.6 is 11.6 Å². The van der Waals surface area contributed by atoms with Crippen LogP contribution in [-0.4, -0.2) is 19.6 Å². The second kappa shape index (κ2) is 8.12. The Balaban J connectivity index is 2.45. The van der Waals surface area contributed by atoms with Crippen molar-refractivity contribution in [1.82, 2.24) is 5.32 Å². The van der Waals surface area contributed by atoms with Crippen LogP contribution in [0.25, 0.3) is 0 Å². The molecule has 0 radical (unpaired) electrons. The Morgan fingerprint density at radius 1 is 1.47 bits per heavy atom. The highest BCUT2D eigenvalue weighted by Crippen LogP contribution is 2.23. The van der Waals surface area contributed by atoms with E-state index >= 15 is 0 Å². The second-order valence-electron chi connectivity index (χ2n) is 4.40. The van der Waals surface area contributed by atoms with E-state index in [1.165, 1.54) is 12.1 Å². The highest BCUT2D eigenvalue weighted by molar-refractivity contribution is 6.31. The topological polar surface area (TPSA) is 38.3 Å². The van der Waals surface area contributed by atoms with Crippen LogP contribution in [0.2, 0.25) is 5.02 Å². The third-order valence-corrected chi connectivity index (χ3v) is 3.14. The summed E-state index contributed by atoms with van der Waals surface area (Å²) in [6.45, 7) is 2.48. The van der Waals surface area contributed by atoms with Gasteiger partial charge in [-0.3, -0.25) is 4.79 Å². The first kappa shape index (κ1) is 15.9. The van der Waals surface area contributed by atoms with Crippen LogP contribution in [0.3, 0.4) is 0 Å². The number of carbonyl (C=O) groups is 1. The van der Waals surface area contributed by atoms with Gasteiger partial charge in [0.15, 0.2) is 0 Å². The zero-order valence-electron chi connectivity index (χ0n) is 11.2. The first-order chi connectivity index (χ1) is 9.04. The first-order valence-electron chi connectivity index (χ1n) is 6.28. The van der Waals surface area contributed by atoms with Gasteiger partial charge >= 0.3 is 0 Å². The lowest BCUT2D eigenvalue weighted by Gasteiger charge is -2.15. The lowest BCUT2D eigenvalue weighted by atomic mass is 10.1. The van der Waals surface area contributed by atoms with Crippen LogP contribution in [0.15, 0.2) is 18.2 Å². The molecular weight excluding hydrogens is 269 g/mol. The minimum atomic E-state index is -0.383. The van der Waals surface area contributed by atoms with Crippen LogP contribution in [0.1, 0.15) is 37.8 Å². The van der Waals surface area contributed by atoms with Gasteiger partial charge in [-0.05, 0) is 37.5 Å². The summed E-state index contributed by atoms with van der Waals surface area (Å²) >= 11 is 5.95. The summed E-state index contributed by atoms with van der Waals surface area (Å²) in [4.78, 5) is 11.7. The molecule has 1 aromatic carbocycles. The van der Waals surface area contributed by atoms with Crippen molar-refractivity contribution < 1.29 is 13.9 Å². The summed E-state index contributed by atoms with van der Waals surface area (Å²) < 4.78 is 17.8. The number of hydrogen-bond donors (Lipinski definition) is 1. The largest absolute Gasteiger partial charge is 0.385 e. The predicted molar refractivity (Wildman–Crippen MR) is 73.7 cm³/mol. The summed E-state index contributed by atoms with van der Waals surface area (Å²) in [6, 6.07) is 3.94. The van der Waals surface area contributed by atoms with Gasteiger partial charge in [0.1, 0.15) is 5.82 Å². The van der Waals surface area contributed by atoms with E-state index in [0.717, 1.165) is 12.8 Å². The molecule has 0 aliphatic rings. The average molecular weight is 288 g/mol. The number of halogens is 2. The number of benzene rings is 1. The maximum absolute atomic E-state index is 12.9. The van der Waals surface area contributed by atoms with E-state index in [2.05, 4.69) is 5.32 Å². The maximum atomic E-state index is 12.9. The SMILES string of the molecule is COCCCCC(=O)N[C@H](C)c1ccc(F)cc1Cl. The van der Waals surface area contributed by atoms with E-state index in [0.29, 0.717) is 23.6 Å². The molecule has 0 aliphatic carbocycles. The molecule has 0 saturated carbocycles. The van der Waals surface area contributed by atoms with E-state index in [9.17, 15) is 9.18 Å². The Bertz CT molecular complexity index is 426. The zero-order valence-corrected chi connectivity index (χ0v) is 12.0. The standard InChI is InChI=1S/C14H19ClFNO2/c1-10(12-7-6-11(16)9-13(12)15)17-14(18)5-3-4-8-19-2/h6-7,9-10H,3-5,8H2,1-2H3,(H,17,18)/t10-/m1/s1. The highest BCUT2D eigenvalue weighted by atomic mass is 35.5. The Morgan fingerprint density at radius 3 is 2.84 bits per heavy atom. The molecule has 0 aliphatic heterocycles. The molecule has 1 aromatic rings. The smallest absolute Gasteiger partial charge is 0.220 e. The quantitative estimate of drug-likeness (QED) is 0.780. The van der Waals surface area contributed by atoms with E-state index in [-0.39, 0.29) is 17.8 Å². The van der Waals surface area contributed by atoms with E-state index in [1.54, 1.807) is 13.2 Å². The van der Waals surface area contributed by atoms with E-state index in [4.69, 9.17) is 16.3 Å². The normalized spacial score (nSPS) is 12.2. The molecule has 5 heteroatoms. The number of ether oxygens (including phenoxy) is 1. The number of amides is 1. The molecule has 1 N–H and O–H groups in total. The van der Waals surface area contributed by atoms with Gasteiger partial charge in [-0.1, -0.05) is 17.7 Å². The predicted octanol–water partition coefficient (Wildman–Crippen LogP) is 3.47. The number of hydrogen-bond acceptors (Lipinski definition) is 2. The minimum absolute atomic E-state index is 0.0380. The number of nitrogens with one attached hydrogen (secondary N) is 1. The van der Waals surface area contributed by atoms with Gasteiger partial charge in [0, 0.05) is 25.2 Å². The van der Waals surface area contributed by atoms with E-state index in [1.807, 2.05) is 6.92 Å². The monoisotopic (exact) mass is 287 g/mol. The van der Waals surface area contributed by atoms with Gasteiger partial charge in [-0.25, -0.2) is 4.39 Å². The van der Waals surface area contributed by atoms with Crippen molar-refractivity contribution in [3.05, 3.63) is 34.6 Å². The van der Waals surface area contributed by atoms with Crippen LogP contribution in [-0.2, 0) is 9.53 Å². The number of carbonyl (C=O) groups excluding carboxylic acids is 1. The van der Waals surface area contributed by atoms with E-state index < -0.39 is 0 Å². The fourth-order valence-corrected chi connectivity index (χ4v) is 2.11. The van der Waals surface area contributed by atoms with Crippen molar-refractivity contribution in [2.45, 2.75) is 32.2 Å². The van der Waals surface area contributed by atoms with Gasteiger partial charge in [0.05, 0.1) is 6.04 Å². The number of unbranched alkanes of at least 4 members (excludes halogenated alkanes) is 1. The highest BCUT2D eigenvalue weighted by Gasteiger charge is 2.12. The maximum Gasteiger partial charge on any atom is 0.220 e. The molecule has 1 rings (SSSR count). The summed E-state index contributed by atoms with van der Waals surface area (Å²) in [5.74, 6) is -0.421. The molecule has 3 nitrogen and oxygen atoms in total. The van der Waals surface area contributed by atoms with Crippen molar-refractivity contribution in [2.75, 3.05) is 13.7 Å². The second-order valence-corrected chi connectivity index (χ2v) is 4.81. The van der Waals surface area contributed by atoms with Gasteiger partial charge in [-0.2, -0.15) is 0 Å². The lowest BCUT2D eigenvalue weighted by Crippen LogP contribution is -2.26. The van der Waals surface area contributed by atoms with Crippen molar-refractivity contribution in [2.24, 2.45) is 0 Å². The lowest BCUT2D eigenvalue weighted by molar-refractivity contribution is -0.121. The Morgan fingerprint density at radius 2 is 2.21 bits per heavy atom. The summed E-state index contributed by atoms with van der Waals surface area (Å²) in [7, 11) is 1.64. The van der Waals surface area contributed by atoms with Gasteiger partial charge < -0.3 is 10.1 Å².